The topological polar surface area (TPSA) is 75.7 Å². The maximum atomic E-state index is 12.6. The van der Waals surface area contributed by atoms with Crippen molar-refractivity contribution in [3.8, 4) is 5.75 Å². The molecule has 1 amide bonds. The summed E-state index contributed by atoms with van der Waals surface area (Å²) in [6.07, 6.45) is 2.87. The quantitative estimate of drug-likeness (QED) is 0.608. The Morgan fingerprint density at radius 1 is 1.07 bits per heavy atom. The summed E-state index contributed by atoms with van der Waals surface area (Å²) in [6, 6.07) is 16.9. The van der Waals surface area contributed by atoms with Gasteiger partial charge in [-0.3, -0.25) is 9.10 Å². The number of ether oxygens (including phenoxy) is 1. The number of para-hydroxylation sites is 2. The highest BCUT2D eigenvalue weighted by Gasteiger charge is 2.24. The van der Waals surface area contributed by atoms with Crippen molar-refractivity contribution in [3.05, 3.63) is 60.2 Å². The molecule has 2 rings (SSSR count). The Balaban J connectivity index is 2.05. The molecule has 0 aliphatic rings. The van der Waals surface area contributed by atoms with Gasteiger partial charge >= 0.3 is 0 Å². The number of sulfonamides is 1. The molecule has 2 aromatic rings. The van der Waals surface area contributed by atoms with Gasteiger partial charge in [0.15, 0.2) is 0 Å². The third kappa shape index (κ3) is 7.09. The first-order valence-corrected chi connectivity index (χ1v) is 11.7. The van der Waals surface area contributed by atoms with Gasteiger partial charge in [-0.1, -0.05) is 55.8 Å². The summed E-state index contributed by atoms with van der Waals surface area (Å²) in [5.41, 5.74) is 1.58. The van der Waals surface area contributed by atoms with Crippen molar-refractivity contribution in [1.29, 1.82) is 0 Å². The molecule has 1 N–H and O–H groups in total. The molecule has 0 spiro atoms. The van der Waals surface area contributed by atoms with Crippen molar-refractivity contribution in [2.45, 2.75) is 26.7 Å². The second-order valence-electron chi connectivity index (χ2n) is 6.94. The van der Waals surface area contributed by atoms with E-state index in [9.17, 15) is 13.2 Å². The molecule has 158 valence electrons. The lowest BCUT2D eigenvalue weighted by Gasteiger charge is -2.24. The predicted molar refractivity (Wildman–Crippen MR) is 117 cm³/mol. The van der Waals surface area contributed by atoms with Gasteiger partial charge in [0.25, 0.3) is 0 Å². The third-order valence-electron chi connectivity index (χ3n) is 4.65. The van der Waals surface area contributed by atoms with E-state index >= 15 is 0 Å². The Labute approximate surface area is 173 Å². The van der Waals surface area contributed by atoms with Crippen LogP contribution in [0.4, 0.5) is 5.69 Å². The van der Waals surface area contributed by atoms with E-state index in [0.29, 0.717) is 24.6 Å². The molecule has 0 fully saturated rings. The lowest BCUT2D eigenvalue weighted by atomic mass is 9.97. The van der Waals surface area contributed by atoms with Crippen molar-refractivity contribution < 1.29 is 17.9 Å². The molecule has 0 saturated heterocycles. The van der Waals surface area contributed by atoms with E-state index in [1.807, 2.05) is 25.1 Å². The Bertz CT molecular complexity index is 885. The number of carbonyl (C=O) groups is 1. The Morgan fingerprint density at radius 2 is 1.72 bits per heavy atom. The number of nitrogens with one attached hydrogen (secondary N) is 1. The number of carbonyl (C=O) groups excluding carboxylic acids is 1. The van der Waals surface area contributed by atoms with Crippen LogP contribution < -0.4 is 14.4 Å². The Kier molecular flexibility index (Phi) is 8.51. The van der Waals surface area contributed by atoms with Crippen LogP contribution in [-0.4, -0.2) is 40.3 Å². The molecule has 0 heterocycles. The molecular weight excluding hydrogens is 388 g/mol. The van der Waals surface area contributed by atoms with Crippen LogP contribution in [0.1, 0.15) is 25.8 Å². The highest BCUT2D eigenvalue weighted by atomic mass is 32.2. The fourth-order valence-corrected chi connectivity index (χ4v) is 3.93. The zero-order chi connectivity index (χ0) is 21.3. The first-order valence-electron chi connectivity index (χ1n) is 9.85. The second-order valence-corrected chi connectivity index (χ2v) is 8.85. The fourth-order valence-electron chi connectivity index (χ4n) is 3.07. The van der Waals surface area contributed by atoms with Gasteiger partial charge in [-0.15, -0.1) is 0 Å². The van der Waals surface area contributed by atoms with E-state index in [1.54, 1.807) is 24.3 Å². The van der Waals surface area contributed by atoms with Gasteiger partial charge < -0.3 is 10.1 Å². The van der Waals surface area contributed by atoms with Gasteiger partial charge in [-0.2, -0.15) is 0 Å². The number of amides is 1. The van der Waals surface area contributed by atoms with Gasteiger partial charge in [0.05, 0.1) is 18.6 Å². The molecule has 7 heteroatoms. The van der Waals surface area contributed by atoms with Crippen LogP contribution in [0.2, 0.25) is 0 Å². The summed E-state index contributed by atoms with van der Waals surface area (Å²) in [5.74, 6) is 0.376. The lowest BCUT2D eigenvalue weighted by Crippen LogP contribution is -2.42. The van der Waals surface area contributed by atoms with Crippen LogP contribution >= 0.6 is 0 Å². The minimum atomic E-state index is -3.65. The molecule has 0 aromatic heterocycles. The fraction of sp³-hybridized carbons (Fsp3) is 0.409. The van der Waals surface area contributed by atoms with E-state index in [2.05, 4.69) is 24.4 Å². The average Bonchev–Trinajstić information content (AvgIpc) is 2.70. The number of hydrogen-bond acceptors (Lipinski definition) is 4. The highest BCUT2D eigenvalue weighted by molar-refractivity contribution is 7.92. The summed E-state index contributed by atoms with van der Waals surface area (Å²) in [7, 11) is -3.65. The van der Waals surface area contributed by atoms with Gasteiger partial charge in [-0.25, -0.2) is 8.42 Å². The Hall–Kier alpha value is -2.54. The van der Waals surface area contributed by atoms with Gasteiger partial charge in [0.2, 0.25) is 15.9 Å². The molecule has 0 saturated carbocycles. The van der Waals surface area contributed by atoms with E-state index in [1.165, 1.54) is 5.56 Å². The number of hydrogen-bond donors (Lipinski definition) is 1. The van der Waals surface area contributed by atoms with Crippen molar-refractivity contribution >= 4 is 21.6 Å². The predicted octanol–water partition coefficient (Wildman–Crippen LogP) is 3.24. The summed E-state index contributed by atoms with van der Waals surface area (Å²) < 4.78 is 31.3. The third-order valence-corrected chi connectivity index (χ3v) is 5.78. The monoisotopic (exact) mass is 418 g/mol. The van der Waals surface area contributed by atoms with Crippen molar-refractivity contribution in [2.75, 3.05) is 30.3 Å². The largest absolute Gasteiger partial charge is 0.492 e. The smallest absolute Gasteiger partial charge is 0.240 e. The van der Waals surface area contributed by atoms with Crippen LogP contribution in [0, 0.1) is 5.92 Å². The van der Waals surface area contributed by atoms with Crippen LogP contribution in [0.3, 0.4) is 0 Å². The summed E-state index contributed by atoms with van der Waals surface area (Å²) in [4.78, 5) is 12.6. The van der Waals surface area contributed by atoms with E-state index < -0.39 is 10.0 Å². The molecule has 0 aliphatic heterocycles. The molecule has 0 bridgehead atoms. The molecule has 6 nitrogen and oxygen atoms in total. The number of rotatable bonds is 11. The van der Waals surface area contributed by atoms with Crippen molar-refractivity contribution in [2.24, 2.45) is 5.92 Å². The molecule has 2 aromatic carbocycles. The van der Waals surface area contributed by atoms with E-state index in [-0.39, 0.29) is 18.4 Å². The van der Waals surface area contributed by atoms with E-state index in [4.69, 9.17) is 4.74 Å². The summed E-state index contributed by atoms with van der Waals surface area (Å²) >= 11 is 0. The maximum absolute atomic E-state index is 12.6. The number of nitrogens with zero attached hydrogens (tertiary/aromatic N) is 1. The van der Waals surface area contributed by atoms with Gasteiger partial charge in [-0.05, 0) is 37.0 Å². The van der Waals surface area contributed by atoms with Gasteiger partial charge in [0, 0.05) is 6.54 Å². The van der Waals surface area contributed by atoms with Crippen LogP contribution in [0.5, 0.6) is 5.75 Å². The van der Waals surface area contributed by atoms with Crippen LogP contribution in [0.25, 0.3) is 0 Å². The maximum Gasteiger partial charge on any atom is 0.240 e. The van der Waals surface area contributed by atoms with Gasteiger partial charge in [0.1, 0.15) is 12.3 Å². The molecule has 1 unspecified atom stereocenters. The summed E-state index contributed by atoms with van der Waals surface area (Å²) in [6.45, 7) is 4.52. The summed E-state index contributed by atoms with van der Waals surface area (Å²) in [5, 5.41) is 2.89. The highest BCUT2D eigenvalue weighted by Crippen LogP contribution is 2.29. The minimum Gasteiger partial charge on any atom is -0.492 e. The van der Waals surface area contributed by atoms with Crippen molar-refractivity contribution in [3.63, 3.8) is 0 Å². The molecule has 29 heavy (non-hydrogen) atoms. The number of anilines is 1. The Morgan fingerprint density at radius 3 is 2.34 bits per heavy atom. The molecule has 0 radical (unpaired) electrons. The first-order chi connectivity index (χ1) is 13.8. The van der Waals surface area contributed by atoms with Crippen LogP contribution in [-0.2, 0) is 21.2 Å². The second kappa shape index (κ2) is 10.9. The molecule has 1 atom stereocenters. The first kappa shape index (κ1) is 22.7. The lowest BCUT2D eigenvalue weighted by molar-refractivity contribution is -0.119. The normalized spacial score (nSPS) is 12.2. The SMILES string of the molecule is CCOc1ccccc1N(CC(=O)NCC(CC)Cc1ccccc1)S(C)(=O)=O. The minimum absolute atomic E-state index is 0.281. The standard InChI is InChI=1S/C22H30N2O4S/c1-4-18(15-19-11-7-6-8-12-19)16-23-22(25)17-24(29(3,26)27)20-13-9-10-14-21(20)28-5-2/h6-14,18H,4-5,15-17H2,1-3H3,(H,23,25). The van der Waals surface area contributed by atoms with E-state index in [0.717, 1.165) is 23.4 Å². The zero-order valence-electron chi connectivity index (χ0n) is 17.3. The van der Waals surface area contributed by atoms with Crippen LogP contribution in [0.15, 0.2) is 54.6 Å². The number of benzene rings is 2. The molecular formula is C22H30N2O4S. The zero-order valence-corrected chi connectivity index (χ0v) is 18.1. The van der Waals surface area contributed by atoms with Crippen molar-refractivity contribution in [1.82, 2.24) is 5.32 Å². The average molecular weight is 419 g/mol. The molecule has 0 aliphatic carbocycles.